The van der Waals surface area contributed by atoms with E-state index in [9.17, 15) is 9.18 Å². The van der Waals surface area contributed by atoms with Crippen molar-refractivity contribution in [3.05, 3.63) is 53.5 Å². The lowest BCUT2D eigenvalue weighted by molar-refractivity contribution is 0.0767. The number of methoxy groups -OCH3 is 1. The maximum Gasteiger partial charge on any atom is 0.258 e. The van der Waals surface area contributed by atoms with E-state index in [0.717, 1.165) is 12.8 Å². The second-order valence-corrected chi connectivity index (χ2v) is 7.06. The molecule has 3 aromatic rings. The van der Waals surface area contributed by atoms with Gasteiger partial charge in [-0.1, -0.05) is 18.2 Å². The lowest BCUT2D eigenvalue weighted by atomic mass is 9.98. The number of carbonyl (C=O) groups is 1. The molecule has 0 spiro atoms. The smallest absolute Gasteiger partial charge is 0.258 e. The van der Waals surface area contributed by atoms with Gasteiger partial charge >= 0.3 is 0 Å². The number of nitrogen functional groups attached to an aromatic ring is 1. The molecule has 136 valence electrons. The summed E-state index contributed by atoms with van der Waals surface area (Å²) in [4.78, 5) is 19.3. The van der Waals surface area contributed by atoms with Crippen LogP contribution in [0.5, 0.6) is 5.75 Å². The predicted octanol–water partition coefficient (Wildman–Crippen LogP) is 3.75. The summed E-state index contributed by atoms with van der Waals surface area (Å²) >= 11 is 0. The van der Waals surface area contributed by atoms with Crippen molar-refractivity contribution in [2.45, 2.75) is 25.4 Å². The quantitative estimate of drug-likeness (QED) is 0.769. The van der Waals surface area contributed by atoms with Gasteiger partial charge in [-0.05, 0) is 25.0 Å². The van der Waals surface area contributed by atoms with Crippen molar-refractivity contribution in [3.63, 3.8) is 0 Å². The molecule has 0 unspecified atom stereocenters. The minimum atomic E-state index is -0.390. The average Bonchev–Trinajstić information content (AvgIpc) is 3.45. The van der Waals surface area contributed by atoms with Gasteiger partial charge in [-0.15, -0.1) is 0 Å². The summed E-state index contributed by atoms with van der Waals surface area (Å²) in [6.45, 7) is 0.471. The lowest BCUT2D eigenvalue weighted by Gasteiger charge is -2.13. The van der Waals surface area contributed by atoms with Crippen LogP contribution in [0.3, 0.4) is 0 Å². The van der Waals surface area contributed by atoms with E-state index in [1.165, 1.54) is 13.2 Å². The molecule has 1 amide bonds. The molecule has 1 aliphatic carbocycles. The Morgan fingerprint density at radius 1 is 1.22 bits per heavy atom. The molecule has 27 heavy (non-hydrogen) atoms. The summed E-state index contributed by atoms with van der Waals surface area (Å²) in [6.07, 6.45) is 2.06. The third-order valence-corrected chi connectivity index (χ3v) is 5.38. The molecule has 2 aromatic carbocycles. The third-order valence-electron chi connectivity index (χ3n) is 5.38. The van der Waals surface area contributed by atoms with Crippen molar-refractivity contribution < 1.29 is 13.9 Å². The highest BCUT2D eigenvalue weighted by atomic mass is 19.1. The van der Waals surface area contributed by atoms with E-state index in [-0.39, 0.29) is 5.91 Å². The second kappa shape index (κ2) is 5.67. The molecule has 5 nitrogen and oxygen atoms in total. The molecule has 6 heteroatoms. The summed E-state index contributed by atoms with van der Waals surface area (Å²) in [5.74, 6) is 0.0226. The fourth-order valence-corrected chi connectivity index (χ4v) is 3.83. The zero-order valence-corrected chi connectivity index (χ0v) is 14.8. The minimum absolute atomic E-state index is 0.0413. The van der Waals surface area contributed by atoms with Gasteiger partial charge in [-0.3, -0.25) is 4.79 Å². The van der Waals surface area contributed by atoms with Crippen molar-refractivity contribution in [2.24, 2.45) is 0 Å². The number of rotatable bonds is 3. The number of hydrogen-bond acceptors (Lipinski definition) is 4. The highest BCUT2D eigenvalue weighted by molar-refractivity contribution is 6.11. The maximum absolute atomic E-state index is 14.7. The molecule has 2 aliphatic rings. The average molecular weight is 363 g/mol. The number of nitrogens with zero attached hydrogens (tertiary/aromatic N) is 2. The monoisotopic (exact) mass is 363 g/mol. The van der Waals surface area contributed by atoms with Gasteiger partial charge in [0.05, 0.1) is 36.1 Å². The third kappa shape index (κ3) is 2.36. The van der Waals surface area contributed by atoms with Crippen LogP contribution in [0.15, 0.2) is 36.4 Å². The van der Waals surface area contributed by atoms with Crippen LogP contribution in [0, 0.1) is 5.82 Å². The summed E-state index contributed by atoms with van der Waals surface area (Å²) in [7, 11) is 1.50. The first-order valence-electron chi connectivity index (χ1n) is 8.94. The molecular weight excluding hydrogens is 345 g/mol. The molecule has 1 saturated carbocycles. The number of amides is 1. The molecule has 5 rings (SSSR count). The molecule has 0 atom stereocenters. The normalized spacial score (nSPS) is 16.1. The number of hydrogen-bond donors (Lipinski definition) is 1. The van der Waals surface area contributed by atoms with E-state index in [4.69, 9.17) is 15.5 Å². The van der Waals surface area contributed by atoms with Crippen LogP contribution in [0.1, 0.15) is 28.9 Å². The zero-order valence-electron chi connectivity index (χ0n) is 14.8. The number of para-hydroxylation sites is 1. The van der Waals surface area contributed by atoms with Crippen molar-refractivity contribution in [1.29, 1.82) is 0 Å². The Labute approximate surface area is 155 Å². The van der Waals surface area contributed by atoms with Gasteiger partial charge < -0.3 is 15.4 Å². The largest absolute Gasteiger partial charge is 0.497 e. The summed E-state index contributed by atoms with van der Waals surface area (Å²) in [5.41, 5.74) is 9.68. The number of pyridine rings is 1. The van der Waals surface area contributed by atoms with Gasteiger partial charge in [0.25, 0.3) is 5.91 Å². The van der Waals surface area contributed by atoms with Gasteiger partial charge in [-0.25, -0.2) is 9.37 Å². The van der Waals surface area contributed by atoms with Gasteiger partial charge in [0.2, 0.25) is 0 Å². The van der Waals surface area contributed by atoms with Gasteiger partial charge in [0.1, 0.15) is 11.6 Å². The van der Waals surface area contributed by atoms with E-state index >= 15 is 0 Å². The molecular formula is C21H18FN3O2. The number of fused-ring (bicyclic) bond motifs is 2. The van der Waals surface area contributed by atoms with Crippen LogP contribution in [0.4, 0.5) is 10.1 Å². The zero-order chi connectivity index (χ0) is 18.7. The Hall–Kier alpha value is -3.15. The maximum atomic E-state index is 14.7. The first kappa shape index (κ1) is 16.1. The van der Waals surface area contributed by atoms with Gasteiger partial charge in [0, 0.05) is 28.6 Å². The molecule has 1 aromatic heterocycles. The number of carbonyl (C=O) groups excluding carboxylic acids is 1. The van der Waals surface area contributed by atoms with Crippen molar-refractivity contribution in [2.75, 3.05) is 12.8 Å². The molecule has 1 aliphatic heterocycles. The van der Waals surface area contributed by atoms with Crippen LogP contribution < -0.4 is 10.5 Å². The topological polar surface area (TPSA) is 68.5 Å². The predicted molar refractivity (Wildman–Crippen MR) is 101 cm³/mol. The summed E-state index contributed by atoms with van der Waals surface area (Å²) in [5, 5.41) is 0.674. The number of ether oxygens (including phenoxy) is 1. The molecule has 0 bridgehead atoms. The van der Waals surface area contributed by atoms with E-state index in [0.29, 0.717) is 57.3 Å². The standard InChI is InChI=1S/C21H18FN3O2/c1-27-12-7-8-13(16(22)9-12)14-3-2-4-15-19(23)18-17(24-20(14)15)10-25(21(18)26)11-5-6-11/h2-4,7-9,11H,5-6,10H2,1H3,(H2,23,24). The SMILES string of the molecule is COc1ccc(-c2cccc3c(N)c4c(nc23)CN(C2CC2)C4=O)c(F)c1. The number of nitrogens with two attached hydrogens (primary N) is 1. The number of benzene rings is 2. The van der Waals surface area contributed by atoms with Crippen molar-refractivity contribution in [1.82, 2.24) is 9.88 Å². The highest BCUT2D eigenvalue weighted by Crippen LogP contribution is 2.40. The van der Waals surface area contributed by atoms with Gasteiger partial charge in [-0.2, -0.15) is 0 Å². The van der Waals surface area contributed by atoms with E-state index in [1.807, 2.05) is 23.1 Å². The van der Waals surface area contributed by atoms with Crippen molar-refractivity contribution in [3.8, 4) is 16.9 Å². The van der Waals surface area contributed by atoms with E-state index in [1.54, 1.807) is 12.1 Å². The molecule has 0 saturated heterocycles. The fourth-order valence-electron chi connectivity index (χ4n) is 3.83. The Kier molecular flexibility index (Phi) is 3.37. The fraction of sp³-hybridized carbons (Fsp3) is 0.238. The van der Waals surface area contributed by atoms with E-state index in [2.05, 4.69) is 0 Å². The molecule has 2 heterocycles. The van der Waals surface area contributed by atoms with E-state index < -0.39 is 5.82 Å². The Morgan fingerprint density at radius 3 is 2.74 bits per heavy atom. The Balaban J connectivity index is 1.72. The van der Waals surface area contributed by atoms with Gasteiger partial charge in [0.15, 0.2) is 0 Å². The first-order valence-corrected chi connectivity index (χ1v) is 8.94. The van der Waals surface area contributed by atoms with Crippen LogP contribution in [-0.4, -0.2) is 28.9 Å². The highest BCUT2D eigenvalue weighted by Gasteiger charge is 2.40. The summed E-state index contributed by atoms with van der Waals surface area (Å²) in [6, 6.07) is 10.5. The number of aromatic nitrogens is 1. The number of anilines is 1. The Bertz CT molecular complexity index is 1110. The minimum Gasteiger partial charge on any atom is -0.497 e. The summed E-state index contributed by atoms with van der Waals surface area (Å²) < 4.78 is 19.7. The molecule has 1 fully saturated rings. The Morgan fingerprint density at radius 2 is 2.04 bits per heavy atom. The molecule has 2 N–H and O–H groups in total. The lowest BCUT2D eigenvalue weighted by Crippen LogP contribution is -2.26. The van der Waals surface area contributed by atoms with Crippen LogP contribution >= 0.6 is 0 Å². The number of halogens is 1. The van der Waals surface area contributed by atoms with Crippen LogP contribution in [-0.2, 0) is 6.54 Å². The van der Waals surface area contributed by atoms with Crippen LogP contribution in [0.2, 0.25) is 0 Å². The second-order valence-electron chi connectivity index (χ2n) is 7.06. The van der Waals surface area contributed by atoms with Crippen molar-refractivity contribution >= 4 is 22.5 Å². The van der Waals surface area contributed by atoms with Crippen LogP contribution in [0.25, 0.3) is 22.0 Å². The first-order chi connectivity index (χ1) is 13.1. The molecule has 0 radical (unpaired) electrons.